The number of hydrogen-bond acceptors (Lipinski definition) is 3. The molecule has 4 aromatic rings. The van der Waals surface area contributed by atoms with Crippen molar-refractivity contribution in [2.75, 3.05) is 13.1 Å². The molecule has 0 amide bonds. The molecular formula is C25H31N7. The number of guanidine groups is 1. The van der Waals surface area contributed by atoms with Crippen LogP contribution in [0.1, 0.15) is 30.6 Å². The Morgan fingerprint density at radius 3 is 2.69 bits per heavy atom. The number of rotatable bonds is 9. The smallest absolute Gasteiger partial charge is 0.191 e. The van der Waals surface area contributed by atoms with E-state index in [1.165, 1.54) is 11.1 Å². The van der Waals surface area contributed by atoms with E-state index >= 15 is 0 Å². The molecule has 0 spiro atoms. The summed E-state index contributed by atoms with van der Waals surface area (Å²) >= 11 is 0. The summed E-state index contributed by atoms with van der Waals surface area (Å²) in [7, 11) is 0. The minimum atomic E-state index is 0.528. The summed E-state index contributed by atoms with van der Waals surface area (Å²) in [5.41, 5.74) is 3.50. The van der Waals surface area contributed by atoms with Gasteiger partial charge in [0.2, 0.25) is 0 Å². The Morgan fingerprint density at radius 1 is 1.03 bits per heavy atom. The molecule has 0 saturated heterocycles. The van der Waals surface area contributed by atoms with Crippen LogP contribution in [0.3, 0.4) is 0 Å². The molecule has 4 rings (SSSR count). The molecule has 0 bridgehead atoms. The van der Waals surface area contributed by atoms with E-state index in [2.05, 4.69) is 86.0 Å². The number of hydrogen-bond donors (Lipinski definition) is 2. The Labute approximate surface area is 189 Å². The Hall–Kier alpha value is -3.61. The maximum Gasteiger partial charge on any atom is 0.191 e. The van der Waals surface area contributed by atoms with Gasteiger partial charge in [-0.25, -0.2) is 15.0 Å². The number of para-hydroxylation sites is 2. The lowest BCUT2D eigenvalue weighted by molar-refractivity contribution is 0.623. The van der Waals surface area contributed by atoms with Crippen molar-refractivity contribution in [2.45, 2.75) is 39.9 Å². The van der Waals surface area contributed by atoms with Gasteiger partial charge in [0.15, 0.2) is 5.96 Å². The normalized spacial score (nSPS) is 11.8. The lowest BCUT2D eigenvalue weighted by Gasteiger charge is -2.13. The molecule has 2 heterocycles. The van der Waals surface area contributed by atoms with Gasteiger partial charge in [-0.15, -0.1) is 0 Å². The molecule has 0 atom stereocenters. The number of nitrogens with one attached hydrogen (secondary N) is 2. The molecule has 7 heteroatoms. The van der Waals surface area contributed by atoms with Crippen molar-refractivity contribution >= 4 is 17.0 Å². The fourth-order valence-electron chi connectivity index (χ4n) is 3.83. The Kier molecular flexibility index (Phi) is 7.17. The van der Waals surface area contributed by atoms with Crippen LogP contribution < -0.4 is 10.6 Å². The third kappa shape index (κ3) is 5.35. The number of aromatic nitrogens is 4. The monoisotopic (exact) mass is 429 g/mol. The molecule has 166 valence electrons. The molecule has 7 nitrogen and oxygen atoms in total. The van der Waals surface area contributed by atoms with Gasteiger partial charge in [0.05, 0.1) is 11.0 Å². The maximum absolute atomic E-state index is 4.75. The van der Waals surface area contributed by atoms with E-state index in [-0.39, 0.29) is 0 Å². The summed E-state index contributed by atoms with van der Waals surface area (Å²) in [6.07, 6.45) is 4.83. The minimum Gasteiger partial charge on any atom is -0.357 e. The van der Waals surface area contributed by atoms with E-state index in [9.17, 15) is 0 Å². The predicted octanol–water partition coefficient (Wildman–Crippen LogP) is 3.73. The summed E-state index contributed by atoms with van der Waals surface area (Å²) in [6, 6.07) is 18.7. The average Bonchev–Trinajstić information content (AvgIpc) is 3.38. The molecule has 0 saturated carbocycles. The number of aryl methyl sites for hydroxylation is 2. The number of imidazole rings is 2. The number of fused-ring (bicyclic) bond motifs is 1. The van der Waals surface area contributed by atoms with Crippen molar-refractivity contribution in [3.05, 3.63) is 84.2 Å². The zero-order chi connectivity index (χ0) is 22.2. The molecule has 2 N–H and O–H groups in total. The molecule has 2 aromatic heterocycles. The van der Waals surface area contributed by atoms with Gasteiger partial charge in [-0.1, -0.05) is 42.5 Å². The Bertz CT molecular complexity index is 1160. The van der Waals surface area contributed by atoms with Crippen LogP contribution in [0, 0.1) is 6.92 Å². The quantitative estimate of drug-likeness (QED) is 0.242. The molecule has 0 aliphatic rings. The maximum atomic E-state index is 4.75. The lowest BCUT2D eigenvalue weighted by Crippen LogP contribution is -2.38. The second-order valence-electron chi connectivity index (χ2n) is 7.73. The van der Waals surface area contributed by atoms with Gasteiger partial charge in [0, 0.05) is 38.6 Å². The van der Waals surface area contributed by atoms with Gasteiger partial charge < -0.3 is 19.8 Å². The SMILES string of the molecule is CCNC(=NCc1nccn1Cc1ccccc1)NCCCn1c(C)nc2ccccc21. The van der Waals surface area contributed by atoms with Gasteiger partial charge in [0.25, 0.3) is 0 Å². The van der Waals surface area contributed by atoms with Crippen molar-refractivity contribution in [3.63, 3.8) is 0 Å². The van der Waals surface area contributed by atoms with Gasteiger partial charge in [-0.3, -0.25) is 0 Å². The van der Waals surface area contributed by atoms with Gasteiger partial charge in [-0.05, 0) is 38.0 Å². The third-order valence-electron chi connectivity index (χ3n) is 5.42. The van der Waals surface area contributed by atoms with Gasteiger partial charge in [-0.2, -0.15) is 0 Å². The second-order valence-corrected chi connectivity index (χ2v) is 7.73. The van der Waals surface area contributed by atoms with Crippen LogP contribution in [0.15, 0.2) is 72.0 Å². The predicted molar refractivity (Wildman–Crippen MR) is 130 cm³/mol. The minimum absolute atomic E-state index is 0.528. The zero-order valence-corrected chi connectivity index (χ0v) is 18.8. The summed E-state index contributed by atoms with van der Waals surface area (Å²) in [5, 5.41) is 6.78. The van der Waals surface area contributed by atoms with Gasteiger partial charge >= 0.3 is 0 Å². The first-order chi connectivity index (χ1) is 15.7. The van der Waals surface area contributed by atoms with E-state index < -0.39 is 0 Å². The van der Waals surface area contributed by atoms with E-state index in [0.717, 1.165) is 55.7 Å². The summed E-state index contributed by atoms with van der Waals surface area (Å²) in [4.78, 5) is 13.9. The fraction of sp³-hybridized carbons (Fsp3) is 0.320. The van der Waals surface area contributed by atoms with Crippen LogP contribution in [0.4, 0.5) is 0 Å². The highest BCUT2D eigenvalue weighted by Crippen LogP contribution is 2.15. The van der Waals surface area contributed by atoms with Crippen molar-refractivity contribution in [1.82, 2.24) is 29.7 Å². The summed E-state index contributed by atoms with van der Waals surface area (Å²) in [5.74, 6) is 2.82. The Morgan fingerprint density at radius 2 is 1.84 bits per heavy atom. The molecule has 0 unspecified atom stereocenters. The highest BCUT2D eigenvalue weighted by molar-refractivity contribution is 5.79. The topological polar surface area (TPSA) is 72.1 Å². The van der Waals surface area contributed by atoms with Crippen LogP contribution in [0.2, 0.25) is 0 Å². The standard InChI is InChI=1S/C25H31N7/c1-3-26-25(28-14-9-16-32-20(2)30-22-12-7-8-13-23(22)32)29-18-24-27-15-17-31(24)19-21-10-5-4-6-11-21/h4-8,10-13,15,17H,3,9,14,16,18-19H2,1-2H3,(H2,26,28,29). The largest absolute Gasteiger partial charge is 0.357 e. The van der Waals surface area contributed by atoms with E-state index in [4.69, 9.17) is 4.99 Å². The Balaban J connectivity index is 1.33. The highest BCUT2D eigenvalue weighted by atomic mass is 15.2. The van der Waals surface area contributed by atoms with Crippen LogP contribution >= 0.6 is 0 Å². The van der Waals surface area contributed by atoms with Crippen molar-refractivity contribution in [1.29, 1.82) is 0 Å². The van der Waals surface area contributed by atoms with Crippen LogP contribution in [-0.4, -0.2) is 38.2 Å². The number of nitrogens with zero attached hydrogens (tertiary/aromatic N) is 5. The first kappa shape index (κ1) is 21.6. The highest BCUT2D eigenvalue weighted by Gasteiger charge is 2.07. The molecule has 2 aromatic carbocycles. The molecular weight excluding hydrogens is 398 g/mol. The number of aliphatic imine (C=N–C) groups is 1. The van der Waals surface area contributed by atoms with E-state index in [1.54, 1.807) is 0 Å². The zero-order valence-electron chi connectivity index (χ0n) is 18.8. The van der Waals surface area contributed by atoms with Crippen LogP contribution in [0.25, 0.3) is 11.0 Å². The molecule has 0 aliphatic carbocycles. The third-order valence-corrected chi connectivity index (χ3v) is 5.42. The van der Waals surface area contributed by atoms with Crippen molar-refractivity contribution < 1.29 is 0 Å². The van der Waals surface area contributed by atoms with Crippen LogP contribution in [-0.2, 0) is 19.6 Å². The summed E-state index contributed by atoms with van der Waals surface area (Å²) < 4.78 is 4.43. The molecule has 0 fully saturated rings. The van der Waals surface area contributed by atoms with E-state index in [0.29, 0.717) is 6.54 Å². The first-order valence-corrected chi connectivity index (χ1v) is 11.2. The lowest BCUT2D eigenvalue weighted by atomic mass is 10.2. The van der Waals surface area contributed by atoms with E-state index in [1.807, 2.05) is 24.5 Å². The molecule has 32 heavy (non-hydrogen) atoms. The molecule has 0 aliphatic heterocycles. The van der Waals surface area contributed by atoms with Crippen LogP contribution in [0.5, 0.6) is 0 Å². The van der Waals surface area contributed by atoms with Crippen molar-refractivity contribution in [3.8, 4) is 0 Å². The number of benzene rings is 2. The fourth-order valence-corrected chi connectivity index (χ4v) is 3.83. The second kappa shape index (κ2) is 10.6. The van der Waals surface area contributed by atoms with Crippen molar-refractivity contribution in [2.24, 2.45) is 4.99 Å². The summed E-state index contributed by atoms with van der Waals surface area (Å²) in [6.45, 7) is 8.03. The van der Waals surface area contributed by atoms with Gasteiger partial charge in [0.1, 0.15) is 18.2 Å². The molecule has 0 radical (unpaired) electrons. The average molecular weight is 430 g/mol. The first-order valence-electron chi connectivity index (χ1n) is 11.2.